The van der Waals surface area contributed by atoms with Gasteiger partial charge in [-0.15, -0.1) is 0 Å². The highest BCUT2D eigenvalue weighted by atomic mass is 19.1. The van der Waals surface area contributed by atoms with Gasteiger partial charge in [-0.25, -0.2) is 9.37 Å². The molecule has 1 N–H and O–H groups in total. The molecule has 0 spiro atoms. The molecule has 1 aromatic heterocycles. The van der Waals surface area contributed by atoms with Gasteiger partial charge < -0.3 is 19.1 Å². The van der Waals surface area contributed by atoms with Crippen LogP contribution in [0.25, 0.3) is 11.5 Å². The van der Waals surface area contributed by atoms with Crippen LogP contribution >= 0.6 is 0 Å². The number of carbonyl (C=O) groups is 1. The van der Waals surface area contributed by atoms with Crippen LogP contribution in [-0.4, -0.2) is 28.4 Å². The Morgan fingerprint density at radius 3 is 2.50 bits per heavy atom. The summed E-state index contributed by atoms with van der Waals surface area (Å²) in [5, 5.41) is 13.4. The fourth-order valence-corrected chi connectivity index (χ4v) is 3.03. The molecule has 1 heterocycles. The van der Waals surface area contributed by atoms with Crippen molar-refractivity contribution in [1.82, 2.24) is 4.98 Å². The molecule has 0 bridgehead atoms. The van der Waals surface area contributed by atoms with E-state index in [0.717, 1.165) is 5.56 Å². The van der Waals surface area contributed by atoms with E-state index in [2.05, 4.69) is 10.1 Å². The number of nitrogens with zero attached hydrogens (tertiary/aromatic N) is 2. The van der Waals surface area contributed by atoms with Crippen LogP contribution in [0.1, 0.15) is 30.9 Å². The van der Waals surface area contributed by atoms with E-state index < -0.39 is 11.9 Å². The lowest BCUT2D eigenvalue weighted by molar-refractivity contribution is -0.139. The molecule has 1 unspecified atom stereocenters. The molecule has 0 fully saturated rings. The van der Waals surface area contributed by atoms with Crippen molar-refractivity contribution in [2.75, 3.05) is 6.61 Å². The van der Waals surface area contributed by atoms with Gasteiger partial charge in [0.05, 0.1) is 5.71 Å². The first-order chi connectivity index (χ1) is 15.4. The Morgan fingerprint density at radius 1 is 1.19 bits per heavy atom. The molecule has 3 rings (SSSR count). The maximum Gasteiger partial charge on any atom is 0.312 e. The van der Waals surface area contributed by atoms with Gasteiger partial charge in [0.2, 0.25) is 5.89 Å². The molecular weight excluding hydrogens is 415 g/mol. The van der Waals surface area contributed by atoms with Gasteiger partial charge in [0.1, 0.15) is 42.2 Å². The second kappa shape index (κ2) is 10.6. The van der Waals surface area contributed by atoms with E-state index in [0.29, 0.717) is 47.4 Å². The van der Waals surface area contributed by atoms with Gasteiger partial charge in [-0.2, -0.15) is 0 Å². The first-order valence-electron chi connectivity index (χ1n) is 10.2. The van der Waals surface area contributed by atoms with Gasteiger partial charge >= 0.3 is 5.97 Å². The molecule has 1 atom stereocenters. The largest absolute Gasteiger partial charge is 0.487 e. The molecule has 0 aliphatic heterocycles. The predicted molar refractivity (Wildman–Crippen MR) is 117 cm³/mol. The molecule has 0 aliphatic rings. The van der Waals surface area contributed by atoms with Crippen LogP contribution in [0, 0.1) is 18.7 Å². The summed E-state index contributed by atoms with van der Waals surface area (Å²) >= 11 is 0. The van der Waals surface area contributed by atoms with Crippen LogP contribution < -0.4 is 4.74 Å². The molecule has 0 saturated heterocycles. The lowest BCUT2D eigenvalue weighted by Gasteiger charge is -2.12. The van der Waals surface area contributed by atoms with E-state index in [-0.39, 0.29) is 12.4 Å². The minimum absolute atomic E-state index is 0.202. The number of hydrogen-bond acceptors (Lipinski definition) is 6. The predicted octanol–water partition coefficient (Wildman–Crippen LogP) is 5.02. The lowest BCUT2D eigenvalue weighted by atomic mass is 9.95. The maximum absolute atomic E-state index is 13.1. The minimum atomic E-state index is -0.954. The average Bonchev–Trinajstić information content (AvgIpc) is 3.15. The summed E-state index contributed by atoms with van der Waals surface area (Å²) in [6, 6.07) is 13.1. The average molecular weight is 440 g/mol. The highest BCUT2D eigenvalue weighted by Gasteiger charge is 2.22. The topological polar surface area (TPSA) is 94.2 Å². The fraction of sp³-hybridized carbons (Fsp3) is 0.292. The summed E-state index contributed by atoms with van der Waals surface area (Å²) in [4.78, 5) is 21.0. The standard InChI is InChI=1S/C24H25FN2O5/c1-4-31-27-15(2)21(24(28)29)13-17-5-11-20(12-6-17)30-14-22-16(3)32-23(26-22)18-7-9-19(25)10-8-18/h5-12,21H,4,13-14H2,1-3H3,(H,28,29)/b27-15+. The third-order valence-corrected chi connectivity index (χ3v) is 4.86. The first-order valence-corrected chi connectivity index (χ1v) is 10.2. The van der Waals surface area contributed by atoms with Crippen LogP contribution in [0.15, 0.2) is 58.1 Å². The van der Waals surface area contributed by atoms with Crippen molar-refractivity contribution in [3.05, 3.63) is 71.4 Å². The molecule has 0 radical (unpaired) electrons. The number of hydrogen-bond donors (Lipinski definition) is 1. The van der Waals surface area contributed by atoms with Crippen molar-refractivity contribution in [3.63, 3.8) is 0 Å². The Kier molecular flexibility index (Phi) is 7.59. The van der Waals surface area contributed by atoms with E-state index in [1.807, 2.05) is 12.1 Å². The number of aromatic nitrogens is 1. The summed E-state index contributed by atoms with van der Waals surface area (Å²) in [5.74, 6) is -0.406. The molecular formula is C24H25FN2O5. The molecule has 8 heteroatoms. The summed E-state index contributed by atoms with van der Waals surface area (Å²) in [7, 11) is 0. The van der Waals surface area contributed by atoms with Gasteiger partial charge in [-0.05, 0) is 69.2 Å². The third kappa shape index (κ3) is 5.94. The molecule has 0 aliphatic carbocycles. The number of oxime groups is 1. The number of carboxylic acid groups (broad SMARTS) is 1. The van der Waals surface area contributed by atoms with Crippen molar-refractivity contribution in [3.8, 4) is 17.2 Å². The number of aliphatic carboxylic acids is 1. The number of aryl methyl sites for hydroxylation is 1. The zero-order valence-corrected chi connectivity index (χ0v) is 18.2. The molecule has 3 aromatic rings. The van der Waals surface area contributed by atoms with Gasteiger partial charge in [-0.3, -0.25) is 4.79 Å². The quantitative estimate of drug-likeness (QED) is 0.351. The number of rotatable bonds is 10. The van der Waals surface area contributed by atoms with Crippen LogP contribution in [0.2, 0.25) is 0 Å². The fourth-order valence-electron chi connectivity index (χ4n) is 3.03. The second-order valence-corrected chi connectivity index (χ2v) is 7.21. The van der Waals surface area contributed by atoms with Gasteiger partial charge in [0.25, 0.3) is 0 Å². The van der Waals surface area contributed by atoms with E-state index in [1.165, 1.54) is 12.1 Å². The Hall–Kier alpha value is -3.68. The van der Waals surface area contributed by atoms with E-state index in [1.54, 1.807) is 45.0 Å². The third-order valence-electron chi connectivity index (χ3n) is 4.86. The minimum Gasteiger partial charge on any atom is -0.487 e. The van der Waals surface area contributed by atoms with Crippen LogP contribution in [0.3, 0.4) is 0 Å². The molecule has 168 valence electrons. The molecule has 7 nitrogen and oxygen atoms in total. The van der Waals surface area contributed by atoms with Crippen molar-refractivity contribution >= 4 is 11.7 Å². The number of oxazole rings is 1. The molecule has 0 saturated carbocycles. The van der Waals surface area contributed by atoms with E-state index in [9.17, 15) is 14.3 Å². The van der Waals surface area contributed by atoms with E-state index in [4.69, 9.17) is 14.0 Å². The summed E-state index contributed by atoms with van der Waals surface area (Å²) < 4.78 is 24.6. The van der Waals surface area contributed by atoms with Gasteiger partial charge in [0.15, 0.2) is 0 Å². The van der Waals surface area contributed by atoms with Crippen LogP contribution in [-0.2, 0) is 22.7 Å². The van der Waals surface area contributed by atoms with Crippen molar-refractivity contribution in [1.29, 1.82) is 0 Å². The first kappa shape index (κ1) is 23.0. The Morgan fingerprint density at radius 2 is 1.88 bits per heavy atom. The highest BCUT2D eigenvalue weighted by Crippen LogP contribution is 2.23. The molecule has 32 heavy (non-hydrogen) atoms. The van der Waals surface area contributed by atoms with E-state index >= 15 is 0 Å². The number of benzene rings is 2. The number of halogens is 1. The summed E-state index contributed by atoms with van der Waals surface area (Å²) in [5.41, 5.74) is 2.58. The molecule has 0 amide bonds. The van der Waals surface area contributed by atoms with Crippen molar-refractivity contribution in [2.45, 2.75) is 33.8 Å². The Labute approximate surface area is 185 Å². The second-order valence-electron chi connectivity index (χ2n) is 7.21. The summed E-state index contributed by atoms with van der Waals surface area (Å²) in [6.07, 6.45) is 0.293. The molecule has 2 aromatic carbocycles. The van der Waals surface area contributed by atoms with Crippen LogP contribution in [0.4, 0.5) is 4.39 Å². The lowest BCUT2D eigenvalue weighted by Crippen LogP contribution is -2.24. The monoisotopic (exact) mass is 440 g/mol. The maximum atomic E-state index is 13.1. The Bertz CT molecular complexity index is 1070. The van der Waals surface area contributed by atoms with Crippen molar-refractivity contribution in [2.24, 2.45) is 11.1 Å². The number of ether oxygens (including phenoxy) is 1. The highest BCUT2D eigenvalue weighted by molar-refractivity contribution is 6.00. The SMILES string of the molecule is CCO/N=C(\C)C(Cc1ccc(OCc2nc(-c3ccc(F)cc3)oc2C)cc1)C(=O)O. The smallest absolute Gasteiger partial charge is 0.312 e. The number of carboxylic acids is 1. The zero-order chi connectivity index (χ0) is 23.1. The Balaban J connectivity index is 1.62. The van der Waals surface area contributed by atoms with Crippen LogP contribution in [0.5, 0.6) is 5.75 Å². The van der Waals surface area contributed by atoms with Crippen molar-refractivity contribution < 1.29 is 28.3 Å². The normalized spacial score (nSPS) is 12.4. The summed E-state index contributed by atoms with van der Waals surface area (Å²) in [6.45, 7) is 5.81. The zero-order valence-electron chi connectivity index (χ0n) is 18.2. The van der Waals surface area contributed by atoms with Gasteiger partial charge in [0, 0.05) is 5.56 Å². The van der Waals surface area contributed by atoms with Gasteiger partial charge in [-0.1, -0.05) is 17.3 Å².